The van der Waals surface area contributed by atoms with Gasteiger partial charge in [0.05, 0.1) is 5.92 Å². The molecule has 1 fully saturated rings. The van der Waals surface area contributed by atoms with E-state index in [4.69, 9.17) is 4.74 Å². The normalized spacial score (nSPS) is 28.8. The van der Waals surface area contributed by atoms with Gasteiger partial charge in [0.15, 0.2) is 0 Å². The Morgan fingerprint density at radius 1 is 1.27 bits per heavy atom. The summed E-state index contributed by atoms with van der Waals surface area (Å²) in [6, 6.07) is 0. The van der Waals surface area contributed by atoms with E-state index in [9.17, 15) is 4.79 Å². The van der Waals surface area contributed by atoms with E-state index in [-0.39, 0.29) is 23.4 Å². The quantitative estimate of drug-likeness (QED) is 0.623. The molecular weight excluding hydrogens is 188 g/mol. The molecule has 0 bridgehead atoms. The van der Waals surface area contributed by atoms with Crippen LogP contribution in [0.5, 0.6) is 0 Å². The molecule has 2 unspecified atom stereocenters. The molecule has 0 amide bonds. The van der Waals surface area contributed by atoms with Gasteiger partial charge in [-0.15, -0.1) is 0 Å². The minimum absolute atomic E-state index is 0.0161. The average Bonchev–Trinajstić information content (AvgIpc) is 2.25. The van der Waals surface area contributed by atoms with Gasteiger partial charge in [-0.25, -0.2) is 0 Å². The maximum atomic E-state index is 11.9. The van der Waals surface area contributed by atoms with E-state index < -0.39 is 0 Å². The molecule has 15 heavy (non-hydrogen) atoms. The second kappa shape index (κ2) is 4.54. The largest absolute Gasteiger partial charge is 0.462 e. The fraction of sp³-hybridized carbons (Fsp3) is 0.923. The molecule has 88 valence electrons. The van der Waals surface area contributed by atoms with Crippen LogP contribution in [0.3, 0.4) is 0 Å². The summed E-state index contributed by atoms with van der Waals surface area (Å²) in [4.78, 5) is 11.9. The van der Waals surface area contributed by atoms with Crippen molar-refractivity contribution in [2.75, 3.05) is 0 Å². The molecule has 0 aromatic carbocycles. The highest BCUT2D eigenvalue weighted by atomic mass is 16.5. The third kappa shape index (κ3) is 3.22. The first-order chi connectivity index (χ1) is 6.82. The van der Waals surface area contributed by atoms with E-state index in [1.807, 2.05) is 0 Å². The Hall–Kier alpha value is -0.530. The zero-order chi connectivity index (χ0) is 11.6. The lowest BCUT2D eigenvalue weighted by atomic mass is 9.85. The molecule has 0 aromatic rings. The van der Waals surface area contributed by atoms with Crippen LogP contribution in [0.25, 0.3) is 0 Å². The monoisotopic (exact) mass is 212 g/mol. The number of carbonyl (C=O) groups is 1. The predicted molar refractivity (Wildman–Crippen MR) is 61.5 cm³/mol. The molecule has 0 radical (unpaired) electrons. The highest BCUT2D eigenvalue weighted by Crippen LogP contribution is 2.33. The molecule has 1 rings (SSSR count). The molecule has 1 aliphatic rings. The Bertz CT molecular complexity index is 225. The zero-order valence-corrected chi connectivity index (χ0v) is 10.7. The standard InChI is InChI=1S/C13H24O2/c1-9(2)10-7-6-8-11(13(3,4)5)15-12(10)14/h9-11H,6-8H2,1-5H3. The Kier molecular flexibility index (Phi) is 3.80. The Morgan fingerprint density at radius 3 is 2.33 bits per heavy atom. The Balaban J connectivity index is 2.70. The van der Waals surface area contributed by atoms with Gasteiger partial charge in [0.2, 0.25) is 0 Å². The fourth-order valence-corrected chi connectivity index (χ4v) is 2.14. The lowest BCUT2D eigenvalue weighted by Gasteiger charge is -2.29. The minimum Gasteiger partial charge on any atom is -0.462 e. The summed E-state index contributed by atoms with van der Waals surface area (Å²) in [5.74, 6) is 0.524. The summed E-state index contributed by atoms with van der Waals surface area (Å²) < 4.78 is 5.61. The van der Waals surface area contributed by atoms with Crippen molar-refractivity contribution in [3.63, 3.8) is 0 Å². The smallest absolute Gasteiger partial charge is 0.309 e. The summed E-state index contributed by atoms with van der Waals surface area (Å²) >= 11 is 0. The van der Waals surface area contributed by atoms with Crippen LogP contribution >= 0.6 is 0 Å². The number of ether oxygens (including phenoxy) is 1. The van der Waals surface area contributed by atoms with Crippen LogP contribution in [-0.2, 0) is 9.53 Å². The molecule has 0 N–H and O–H groups in total. The fourth-order valence-electron chi connectivity index (χ4n) is 2.14. The van der Waals surface area contributed by atoms with Crippen LogP contribution in [-0.4, -0.2) is 12.1 Å². The Morgan fingerprint density at radius 2 is 1.87 bits per heavy atom. The van der Waals surface area contributed by atoms with Gasteiger partial charge in [-0.3, -0.25) is 4.79 Å². The van der Waals surface area contributed by atoms with Crippen LogP contribution in [0, 0.1) is 17.3 Å². The van der Waals surface area contributed by atoms with Gasteiger partial charge in [0.1, 0.15) is 6.10 Å². The van der Waals surface area contributed by atoms with Gasteiger partial charge >= 0.3 is 5.97 Å². The van der Waals surface area contributed by atoms with Crippen LogP contribution in [0.2, 0.25) is 0 Å². The first-order valence-electron chi connectivity index (χ1n) is 6.03. The molecular formula is C13H24O2. The van der Waals surface area contributed by atoms with Crippen LogP contribution in [0.1, 0.15) is 53.9 Å². The first kappa shape index (κ1) is 12.5. The maximum absolute atomic E-state index is 11.9. The van der Waals surface area contributed by atoms with Crippen molar-refractivity contribution >= 4 is 5.97 Å². The van der Waals surface area contributed by atoms with Gasteiger partial charge in [0.25, 0.3) is 0 Å². The third-order valence-electron chi connectivity index (χ3n) is 3.31. The SMILES string of the molecule is CC(C)C1CCCC(C(C)(C)C)OC1=O. The van der Waals surface area contributed by atoms with Crippen molar-refractivity contribution < 1.29 is 9.53 Å². The summed E-state index contributed by atoms with van der Waals surface area (Å²) in [5, 5.41) is 0. The number of hydrogen-bond donors (Lipinski definition) is 0. The van der Waals surface area contributed by atoms with Crippen molar-refractivity contribution in [3.8, 4) is 0 Å². The number of hydrogen-bond acceptors (Lipinski definition) is 2. The minimum atomic E-state index is 0.0161. The molecule has 1 saturated heterocycles. The van der Waals surface area contributed by atoms with Gasteiger partial charge in [0, 0.05) is 0 Å². The van der Waals surface area contributed by atoms with Crippen LogP contribution in [0.4, 0.5) is 0 Å². The number of esters is 1. The number of cyclic esters (lactones) is 1. The molecule has 2 nitrogen and oxygen atoms in total. The van der Waals surface area contributed by atoms with E-state index in [1.54, 1.807) is 0 Å². The summed E-state index contributed by atoms with van der Waals surface area (Å²) in [7, 11) is 0. The van der Waals surface area contributed by atoms with E-state index in [2.05, 4.69) is 34.6 Å². The number of rotatable bonds is 1. The molecule has 2 atom stereocenters. The molecule has 0 aromatic heterocycles. The van der Waals surface area contributed by atoms with Crippen molar-refractivity contribution in [3.05, 3.63) is 0 Å². The van der Waals surface area contributed by atoms with Gasteiger partial charge in [-0.05, 0) is 30.6 Å². The molecule has 0 spiro atoms. The first-order valence-corrected chi connectivity index (χ1v) is 6.03. The number of carbonyl (C=O) groups excluding carboxylic acids is 1. The average molecular weight is 212 g/mol. The summed E-state index contributed by atoms with van der Waals surface area (Å²) in [5.41, 5.74) is 0.0710. The van der Waals surface area contributed by atoms with Crippen LogP contribution < -0.4 is 0 Å². The van der Waals surface area contributed by atoms with Crippen molar-refractivity contribution in [1.82, 2.24) is 0 Å². The van der Waals surface area contributed by atoms with Gasteiger partial charge in [-0.2, -0.15) is 0 Å². The maximum Gasteiger partial charge on any atom is 0.309 e. The molecule has 1 heterocycles. The molecule has 0 saturated carbocycles. The van der Waals surface area contributed by atoms with Gasteiger partial charge < -0.3 is 4.74 Å². The van der Waals surface area contributed by atoms with Crippen molar-refractivity contribution in [2.24, 2.45) is 17.3 Å². The second-order valence-corrected chi connectivity index (χ2v) is 6.07. The van der Waals surface area contributed by atoms with E-state index >= 15 is 0 Å². The topological polar surface area (TPSA) is 26.3 Å². The predicted octanol–water partition coefficient (Wildman–Crippen LogP) is 3.40. The van der Waals surface area contributed by atoms with Crippen LogP contribution in [0.15, 0.2) is 0 Å². The highest BCUT2D eigenvalue weighted by Gasteiger charge is 2.34. The summed E-state index contributed by atoms with van der Waals surface area (Å²) in [6.45, 7) is 10.6. The third-order valence-corrected chi connectivity index (χ3v) is 3.31. The molecule has 1 aliphatic heterocycles. The van der Waals surface area contributed by atoms with Gasteiger partial charge in [-0.1, -0.05) is 34.6 Å². The highest BCUT2D eigenvalue weighted by molar-refractivity contribution is 5.73. The lowest BCUT2D eigenvalue weighted by molar-refractivity contribution is -0.159. The van der Waals surface area contributed by atoms with E-state index in [1.165, 1.54) is 0 Å². The lowest BCUT2D eigenvalue weighted by Crippen LogP contribution is -2.32. The molecule has 2 heteroatoms. The van der Waals surface area contributed by atoms with Crippen molar-refractivity contribution in [1.29, 1.82) is 0 Å². The zero-order valence-electron chi connectivity index (χ0n) is 10.7. The molecule has 0 aliphatic carbocycles. The second-order valence-electron chi connectivity index (χ2n) is 6.07. The Labute approximate surface area is 93.4 Å². The van der Waals surface area contributed by atoms with E-state index in [0.29, 0.717) is 5.92 Å². The van der Waals surface area contributed by atoms with E-state index in [0.717, 1.165) is 19.3 Å². The summed E-state index contributed by atoms with van der Waals surface area (Å²) in [6.07, 6.45) is 3.20. The van der Waals surface area contributed by atoms with Crippen molar-refractivity contribution in [2.45, 2.75) is 60.0 Å².